The molecular formula is C38H45Cl2N3O4S. The van der Waals surface area contributed by atoms with Gasteiger partial charge < -0.3 is 10.2 Å². The van der Waals surface area contributed by atoms with Gasteiger partial charge >= 0.3 is 0 Å². The number of hydrogen-bond acceptors (Lipinski definition) is 4. The molecule has 7 nitrogen and oxygen atoms in total. The molecule has 3 aromatic carbocycles. The number of carbonyl (C=O) groups excluding carboxylic acids is 2. The number of rotatable bonds is 12. The molecule has 4 saturated carbocycles. The average molecular weight is 711 g/mol. The third kappa shape index (κ3) is 7.56. The van der Waals surface area contributed by atoms with Gasteiger partial charge in [-0.2, -0.15) is 0 Å². The molecule has 256 valence electrons. The Hall–Kier alpha value is -3.07. The van der Waals surface area contributed by atoms with Crippen LogP contribution in [-0.2, 0) is 38.0 Å². The van der Waals surface area contributed by atoms with Gasteiger partial charge in [-0.15, -0.1) is 0 Å². The third-order valence-electron chi connectivity index (χ3n) is 10.6. The zero-order valence-corrected chi connectivity index (χ0v) is 30.2. The summed E-state index contributed by atoms with van der Waals surface area (Å²) in [7, 11) is -3.88. The monoisotopic (exact) mass is 709 g/mol. The van der Waals surface area contributed by atoms with E-state index in [-0.39, 0.29) is 30.3 Å². The van der Waals surface area contributed by atoms with E-state index in [1.165, 1.54) is 49.0 Å². The molecule has 3 aromatic rings. The topological polar surface area (TPSA) is 86.8 Å². The van der Waals surface area contributed by atoms with Crippen LogP contribution in [0, 0.1) is 17.8 Å². The molecule has 1 unspecified atom stereocenters. The minimum absolute atomic E-state index is 0.0804. The lowest BCUT2D eigenvalue weighted by Crippen LogP contribution is -2.54. The Morgan fingerprint density at radius 1 is 0.854 bits per heavy atom. The van der Waals surface area contributed by atoms with Crippen molar-refractivity contribution in [3.05, 3.63) is 99.5 Å². The molecule has 4 aliphatic rings. The van der Waals surface area contributed by atoms with Crippen LogP contribution in [0.3, 0.4) is 0 Å². The Morgan fingerprint density at radius 2 is 1.42 bits per heavy atom. The van der Waals surface area contributed by atoms with Gasteiger partial charge in [0.25, 0.3) is 0 Å². The van der Waals surface area contributed by atoms with Gasteiger partial charge in [-0.05, 0) is 111 Å². The predicted molar refractivity (Wildman–Crippen MR) is 193 cm³/mol. The average Bonchev–Trinajstić information content (AvgIpc) is 3.02. The summed E-state index contributed by atoms with van der Waals surface area (Å²) < 4.78 is 27.8. The molecule has 10 heteroatoms. The molecule has 4 bridgehead atoms. The lowest BCUT2D eigenvalue weighted by Gasteiger charge is -2.57. The van der Waals surface area contributed by atoms with E-state index in [1.54, 1.807) is 18.2 Å². The maximum Gasteiger partial charge on any atom is 0.244 e. The van der Waals surface area contributed by atoms with Crippen molar-refractivity contribution >= 4 is 50.7 Å². The highest BCUT2D eigenvalue weighted by atomic mass is 35.5. The van der Waals surface area contributed by atoms with Gasteiger partial charge in [0.2, 0.25) is 21.8 Å². The summed E-state index contributed by atoms with van der Waals surface area (Å²) in [6.45, 7) is 3.14. The zero-order valence-electron chi connectivity index (χ0n) is 27.9. The molecule has 1 atom stereocenters. The maximum atomic E-state index is 14.5. The summed E-state index contributed by atoms with van der Waals surface area (Å²) in [4.78, 5) is 29.7. The number of nitrogens with zero attached hydrogens (tertiary/aromatic N) is 2. The summed E-state index contributed by atoms with van der Waals surface area (Å²) in [5, 5.41) is 3.66. The number of benzene rings is 3. The molecule has 0 aliphatic heterocycles. The van der Waals surface area contributed by atoms with Crippen molar-refractivity contribution < 1.29 is 18.0 Å². The molecule has 0 heterocycles. The van der Waals surface area contributed by atoms with Gasteiger partial charge in [-0.1, -0.05) is 71.7 Å². The second-order valence-electron chi connectivity index (χ2n) is 14.6. The lowest BCUT2D eigenvalue weighted by molar-refractivity contribution is -0.140. The number of anilines is 1. The van der Waals surface area contributed by atoms with E-state index in [4.69, 9.17) is 23.2 Å². The first-order valence-electron chi connectivity index (χ1n) is 17.0. The van der Waals surface area contributed by atoms with Crippen molar-refractivity contribution in [2.24, 2.45) is 17.8 Å². The van der Waals surface area contributed by atoms with E-state index in [2.05, 4.69) is 17.4 Å². The maximum absolute atomic E-state index is 14.5. The summed E-state index contributed by atoms with van der Waals surface area (Å²) in [6.07, 6.45) is 8.96. The van der Waals surface area contributed by atoms with Gasteiger partial charge in [0.1, 0.15) is 12.6 Å². The summed E-state index contributed by atoms with van der Waals surface area (Å²) in [5.41, 5.74) is 3.19. The van der Waals surface area contributed by atoms with Gasteiger partial charge in [0, 0.05) is 34.6 Å². The first-order valence-corrected chi connectivity index (χ1v) is 19.6. The number of nitrogens with one attached hydrogen (secondary N) is 1. The standard InChI is InChI=1S/C38H45Cl2N3O4S/c1-25(2)41-37(45)35(19-26-8-5-4-6-9-26)42(23-32-33(39)10-7-11-34(32)40)36(44)24-43(48(3,46)47)31-14-12-30(13-15-31)38-20-27-16-28(21-38)18-29(17-27)22-38/h4-15,25,27-29,35H,16-24H2,1-3H3,(H,41,45). The minimum Gasteiger partial charge on any atom is -0.352 e. The van der Waals surface area contributed by atoms with Crippen LogP contribution in [0.1, 0.15) is 69.1 Å². The Labute approximate surface area is 295 Å². The zero-order chi connectivity index (χ0) is 34.2. The van der Waals surface area contributed by atoms with Crippen molar-refractivity contribution in [1.82, 2.24) is 10.2 Å². The Morgan fingerprint density at radius 3 is 1.94 bits per heavy atom. The second-order valence-corrected chi connectivity index (χ2v) is 17.3. The molecule has 2 amide bonds. The smallest absolute Gasteiger partial charge is 0.244 e. The van der Waals surface area contributed by atoms with Crippen LogP contribution in [-0.4, -0.2) is 50.0 Å². The normalized spacial score (nSPS) is 23.6. The van der Waals surface area contributed by atoms with Crippen LogP contribution in [0.5, 0.6) is 0 Å². The number of amides is 2. The molecule has 4 aliphatic carbocycles. The molecule has 0 aromatic heterocycles. The molecule has 7 rings (SSSR count). The lowest BCUT2D eigenvalue weighted by atomic mass is 9.48. The van der Waals surface area contributed by atoms with E-state index < -0.39 is 28.5 Å². The summed E-state index contributed by atoms with van der Waals surface area (Å²) in [6, 6.07) is 21.2. The van der Waals surface area contributed by atoms with E-state index >= 15 is 0 Å². The SMILES string of the molecule is CC(C)NC(=O)C(Cc1ccccc1)N(Cc1c(Cl)cccc1Cl)C(=O)CN(c1ccc(C23CC4CC(CC(C4)C2)C3)cc1)S(C)(=O)=O. The van der Waals surface area contributed by atoms with Gasteiger partial charge in [-0.25, -0.2) is 8.42 Å². The van der Waals surface area contributed by atoms with Crippen molar-refractivity contribution in [3.8, 4) is 0 Å². The van der Waals surface area contributed by atoms with Crippen LogP contribution < -0.4 is 9.62 Å². The Bertz CT molecular complexity index is 1690. The minimum atomic E-state index is -3.88. The molecule has 4 fully saturated rings. The number of sulfonamides is 1. The highest BCUT2D eigenvalue weighted by Gasteiger charge is 2.51. The van der Waals surface area contributed by atoms with E-state index in [0.29, 0.717) is 21.3 Å². The van der Waals surface area contributed by atoms with E-state index in [9.17, 15) is 18.0 Å². The Balaban J connectivity index is 1.33. The quantitative estimate of drug-likeness (QED) is 0.213. The van der Waals surface area contributed by atoms with Crippen molar-refractivity contribution in [1.29, 1.82) is 0 Å². The van der Waals surface area contributed by atoms with Gasteiger partial charge in [0.05, 0.1) is 11.9 Å². The predicted octanol–water partition coefficient (Wildman–Crippen LogP) is 7.39. The molecular weight excluding hydrogens is 665 g/mol. The van der Waals surface area contributed by atoms with Crippen molar-refractivity contribution in [3.63, 3.8) is 0 Å². The van der Waals surface area contributed by atoms with Crippen LogP contribution >= 0.6 is 23.2 Å². The Kier molecular flexibility index (Phi) is 10.2. The van der Waals surface area contributed by atoms with Crippen LogP contribution in [0.25, 0.3) is 0 Å². The fraction of sp³-hybridized carbons (Fsp3) is 0.474. The largest absolute Gasteiger partial charge is 0.352 e. The second kappa shape index (κ2) is 14.0. The summed E-state index contributed by atoms with van der Waals surface area (Å²) in [5.74, 6) is 1.47. The van der Waals surface area contributed by atoms with Gasteiger partial charge in [0.15, 0.2) is 0 Å². The fourth-order valence-electron chi connectivity index (χ4n) is 8.85. The number of hydrogen-bond donors (Lipinski definition) is 1. The van der Waals surface area contributed by atoms with Crippen molar-refractivity contribution in [2.45, 2.75) is 82.8 Å². The fourth-order valence-corrected chi connectivity index (χ4v) is 10.2. The van der Waals surface area contributed by atoms with E-state index in [1.807, 2.05) is 56.3 Å². The first kappa shape index (κ1) is 34.8. The third-order valence-corrected chi connectivity index (χ3v) is 12.4. The highest BCUT2D eigenvalue weighted by molar-refractivity contribution is 7.92. The molecule has 0 spiro atoms. The molecule has 0 radical (unpaired) electrons. The van der Waals surface area contributed by atoms with Gasteiger partial charge in [-0.3, -0.25) is 13.9 Å². The summed E-state index contributed by atoms with van der Waals surface area (Å²) >= 11 is 13.2. The van der Waals surface area contributed by atoms with Crippen LogP contribution in [0.4, 0.5) is 5.69 Å². The molecule has 0 saturated heterocycles. The first-order chi connectivity index (χ1) is 22.8. The highest BCUT2D eigenvalue weighted by Crippen LogP contribution is 2.60. The molecule has 1 N–H and O–H groups in total. The van der Waals surface area contributed by atoms with Crippen molar-refractivity contribution in [2.75, 3.05) is 17.1 Å². The van der Waals surface area contributed by atoms with Crippen LogP contribution in [0.2, 0.25) is 10.0 Å². The number of carbonyl (C=O) groups is 2. The molecule has 48 heavy (non-hydrogen) atoms. The van der Waals surface area contributed by atoms with E-state index in [0.717, 1.165) is 33.9 Å². The van der Waals surface area contributed by atoms with Crippen LogP contribution in [0.15, 0.2) is 72.8 Å². The number of halogens is 2.